The van der Waals surface area contributed by atoms with Gasteiger partial charge >= 0.3 is 0 Å². The van der Waals surface area contributed by atoms with Gasteiger partial charge in [-0.15, -0.1) is 5.10 Å². The smallest absolute Gasteiger partial charge is 0.139 e. The molecule has 0 fully saturated rings. The third-order valence-corrected chi connectivity index (χ3v) is 2.27. The highest BCUT2D eigenvalue weighted by atomic mass is 35.5. The number of aromatic nitrogens is 5. The minimum Gasteiger partial charge on any atom is -0.247 e. The van der Waals surface area contributed by atoms with Gasteiger partial charge in [-0.3, -0.25) is 0 Å². The van der Waals surface area contributed by atoms with Gasteiger partial charge in [0.2, 0.25) is 0 Å². The summed E-state index contributed by atoms with van der Waals surface area (Å²) in [6, 6.07) is 0. The Labute approximate surface area is 77.2 Å². The van der Waals surface area contributed by atoms with Crippen molar-refractivity contribution in [1.29, 1.82) is 0 Å². The van der Waals surface area contributed by atoms with Crippen LogP contribution in [0, 0.1) is 0 Å². The summed E-state index contributed by atoms with van der Waals surface area (Å²) >= 11 is 6.96. The standard InChI is InChI=1S/C5H4ClN5S/c6-5-4(9-10-12-5)1-11-3-7-2-8-11/h2-3H,1H2. The predicted octanol–water partition coefficient (Wildman–Crippen LogP) is 0.831. The van der Waals surface area contributed by atoms with Crippen molar-refractivity contribution in [2.24, 2.45) is 0 Å². The molecule has 0 saturated carbocycles. The Bertz CT molecular complexity index is 356. The first-order valence-electron chi connectivity index (χ1n) is 3.15. The Kier molecular flexibility index (Phi) is 2.01. The van der Waals surface area contributed by atoms with Crippen LogP contribution < -0.4 is 0 Å². The highest BCUT2D eigenvalue weighted by molar-refractivity contribution is 7.10. The number of halogens is 1. The quantitative estimate of drug-likeness (QED) is 0.722. The third-order valence-electron chi connectivity index (χ3n) is 1.29. The molecule has 0 N–H and O–H groups in total. The number of hydrogen-bond donors (Lipinski definition) is 0. The lowest BCUT2D eigenvalue weighted by molar-refractivity contribution is 0.669. The van der Waals surface area contributed by atoms with E-state index in [9.17, 15) is 0 Å². The van der Waals surface area contributed by atoms with Gasteiger partial charge in [0.05, 0.1) is 6.54 Å². The molecule has 0 bridgehead atoms. The fourth-order valence-corrected chi connectivity index (χ4v) is 1.37. The van der Waals surface area contributed by atoms with Crippen LogP contribution in [-0.2, 0) is 6.54 Å². The van der Waals surface area contributed by atoms with Gasteiger partial charge in [0.1, 0.15) is 22.7 Å². The lowest BCUT2D eigenvalue weighted by atomic mass is 10.5. The molecule has 0 aliphatic carbocycles. The molecule has 0 radical (unpaired) electrons. The molecule has 0 unspecified atom stereocenters. The zero-order chi connectivity index (χ0) is 8.39. The second kappa shape index (κ2) is 3.16. The summed E-state index contributed by atoms with van der Waals surface area (Å²) in [6.45, 7) is 0.523. The molecule has 0 aliphatic rings. The molecule has 7 heteroatoms. The molecule has 0 aromatic carbocycles. The summed E-state index contributed by atoms with van der Waals surface area (Å²) in [4.78, 5) is 3.80. The van der Waals surface area contributed by atoms with E-state index in [2.05, 4.69) is 19.7 Å². The van der Waals surface area contributed by atoms with Crippen molar-refractivity contribution in [3.05, 3.63) is 22.7 Å². The second-order valence-electron chi connectivity index (χ2n) is 2.09. The van der Waals surface area contributed by atoms with Crippen molar-refractivity contribution < 1.29 is 0 Å². The van der Waals surface area contributed by atoms with Crippen LogP contribution in [0.4, 0.5) is 0 Å². The maximum atomic E-state index is 5.79. The van der Waals surface area contributed by atoms with Gasteiger partial charge in [0.25, 0.3) is 0 Å². The van der Waals surface area contributed by atoms with E-state index in [4.69, 9.17) is 11.6 Å². The van der Waals surface area contributed by atoms with Crippen molar-refractivity contribution >= 4 is 23.1 Å². The molecule has 0 atom stereocenters. The summed E-state index contributed by atoms with van der Waals surface area (Å²) in [5.74, 6) is 0. The second-order valence-corrected chi connectivity index (χ2v) is 3.44. The normalized spacial score (nSPS) is 10.4. The minimum atomic E-state index is 0.523. The van der Waals surface area contributed by atoms with Crippen LogP contribution in [0.5, 0.6) is 0 Å². The first kappa shape index (κ1) is 7.63. The molecule has 0 amide bonds. The molecular weight excluding hydrogens is 198 g/mol. The van der Waals surface area contributed by atoms with Crippen molar-refractivity contribution in [1.82, 2.24) is 24.4 Å². The van der Waals surface area contributed by atoms with Gasteiger partial charge in [0, 0.05) is 11.5 Å². The van der Waals surface area contributed by atoms with Crippen LogP contribution in [0.1, 0.15) is 5.69 Å². The van der Waals surface area contributed by atoms with E-state index >= 15 is 0 Å². The lowest BCUT2D eigenvalue weighted by Crippen LogP contribution is -2.00. The Balaban J connectivity index is 2.20. The van der Waals surface area contributed by atoms with Crippen molar-refractivity contribution in [3.63, 3.8) is 0 Å². The largest absolute Gasteiger partial charge is 0.247 e. The minimum absolute atomic E-state index is 0.523. The van der Waals surface area contributed by atoms with Crippen LogP contribution in [-0.4, -0.2) is 24.4 Å². The Morgan fingerprint density at radius 2 is 2.50 bits per heavy atom. The van der Waals surface area contributed by atoms with Crippen LogP contribution >= 0.6 is 23.1 Å². The van der Waals surface area contributed by atoms with Crippen LogP contribution in [0.25, 0.3) is 0 Å². The molecular formula is C5H4ClN5S. The Morgan fingerprint density at radius 1 is 1.58 bits per heavy atom. The van der Waals surface area contributed by atoms with Crippen molar-refractivity contribution in [3.8, 4) is 0 Å². The fourth-order valence-electron chi connectivity index (χ4n) is 0.759. The monoisotopic (exact) mass is 201 g/mol. The lowest BCUT2D eigenvalue weighted by Gasteiger charge is -1.94. The van der Waals surface area contributed by atoms with Crippen LogP contribution in [0.2, 0.25) is 4.34 Å². The summed E-state index contributed by atoms with van der Waals surface area (Å²) in [5.41, 5.74) is 0.729. The molecule has 2 aromatic rings. The van der Waals surface area contributed by atoms with Gasteiger partial charge in [-0.05, 0) is 0 Å². The van der Waals surface area contributed by atoms with E-state index in [1.807, 2.05) is 0 Å². The average Bonchev–Trinajstić information content (AvgIpc) is 2.65. The Hall–Kier alpha value is -1.01. The van der Waals surface area contributed by atoms with Gasteiger partial charge < -0.3 is 0 Å². The number of rotatable bonds is 2. The van der Waals surface area contributed by atoms with Gasteiger partial charge in [0.15, 0.2) is 0 Å². The maximum absolute atomic E-state index is 5.79. The van der Waals surface area contributed by atoms with Crippen molar-refractivity contribution in [2.45, 2.75) is 6.54 Å². The van der Waals surface area contributed by atoms with Gasteiger partial charge in [-0.25, -0.2) is 9.67 Å². The first-order chi connectivity index (χ1) is 5.86. The highest BCUT2D eigenvalue weighted by Crippen LogP contribution is 2.17. The molecule has 2 rings (SSSR count). The topological polar surface area (TPSA) is 56.5 Å². The Morgan fingerprint density at radius 3 is 3.08 bits per heavy atom. The summed E-state index contributed by atoms with van der Waals surface area (Å²) < 4.78 is 5.94. The molecule has 62 valence electrons. The zero-order valence-electron chi connectivity index (χ0n) is 5.88. The predicted molar refractivity (Wildman–Crippen MR) is 44.0 cm³/mol. The van der Waals surface area contributed by atoms with Gasteiger partial charge in [-0.1, -0.05) is 16.1 Å². The molecule has 0 spiro atoms. The van der Waals surface area contributed by atoms with Crippen LogP contribution in [0.15, 0.2) is 12.7 Å². The molecule has 12 heavy (non-hydrogen) atoms. The van der Waals surface area contributed by atoms with E-state index in [1.54, 1.807) is 11.0 Å². The maximum Gasteiger partial charge on any atom is 0.139 e. The molecule has 2 aromatic heterocycles. The molecule has 5 nitrogen and oxygen atoms in total. The highest BCUT2D eigenvalue weighted by Gasteiger charge is 2.05. The molecule has 2 heterocycles. The molecule has 0 aliphatic heterocycles. The van der Waals surface area contributed by atoms with Gasteiger partial charge in [-0.2, -0.15) is 5.10 Å². The first-order valence-corrected chi connectivity index (χ1v) is 4.30. The van der Waals surface area contributed by atoms with E-state index < -0.39 is 0 Å². The van der Waals surface area contributed by atoms with E-state index in [0.29, 0.717) is 10.9 Å². The summed E-state index contributed by atoms with van der Waals surface area (Å²) in [6.07, 6.45) is 3.07. The van der Waals surface area contributed by atoms with Crippen LogP contribution in [0.3, 0.4) is 0 Å². The third kappa shape index (κ3) is 1.44. The molecule has 0 saturated heterocycles. The average molecular weight is 202 g/mol. The number of nitrogens with zero attached hydrogens (tertiary/aromatic N) is 5. The number of hydrogen-bond acceptors (Lipinski definition) is 5. The SMILES string of the molecule is Clc1snnc1Cn1cncn1. The van der Waals surface area contributed by atoms with Crippen molar-refractivity contribution in [2.75, 3.05) is 0 Å². The fraction of sp³-hybridized carbons (Fsp3) is 0.200. The van der Waals surface area contributed by atoms with E-state index in [0.717, 1.165) is 5.69 Å². The summed E-state index contributed by atoms with van der Waals surface area (Å²) in [5, 5.41) is 7.75. The zero-order valence-corrected chi connectivity index (χ0v) is 7.46. The van der Waals surface area contributed by atoms with E-state index in [1.165, 1.54) is 17.9 Å². The van der Waals surface area contributed by atoms with E-state index in [-0.39, 0.29) is 0 Å². The summed E-state index contributed by atoms with van der Waals surface area (Å²) in [7, 11) is 0.